The first-order valence-electron chi connectivity index (χ1n) is 7.33. The summed E-state index contributed by atoms with van der Waals surface area (Å²) in [5.41, 5.74) is 1.75. The van der Waals surface area contributed by atoms with E-state index < -0.39 is 0 Å². The maximum Gasteiger partial charge on any atom is 0.230 e. The zero-order valence-electron chi connectivity index (χ0n) is 12.8. The molecule has 124 valence electrons. The summed E-state index contributed by atoms with van der Waals surface area (Å²) in [6.45, 7) is 2.34. The number of para-hydroxylation sites is 1. The van der Waals surface area contributed by atoms with E-state index in [1.165, 1.54) is 0 Å². The van der Waals surface area contributed by atoms with Crippen LogP contribution in [0.5, 0.6) is 5.75 Å². The molecule has 0 radical (unpaired) electrons. The lowest BCUT2D eigenvalue weighted by molar-refractivity contribution is -0.115. The molecule has 3 rings (SSSR count). The van der Waals surface area contributed by atoms with Crippen LogP contribution in [0.4, 0.5) is 5.69 Å². The average molecular weight is 410 g/mol. The van der Waals surface area contributed by atoms with Gasteiger partial charge >= 0.3 is 0 Å². The lowest BCUT2D eigenvalue weighted by Crippen LogP contribution is -2.15. The molecule has 1 heterocycles. The smallest absolute Gasteiger partial charge is 0.230 e. The molecule has 5 nitrogen and oxygen atoms in total. The number of aromatic nitrogens is 1. The standard InChI is InChI=1S/C17H14BrClN2O3/c1-2-23-17-12(18)7-10(19)8-14(17)20-16(22)9-13-11-5-3-4-6-15(11)24-21-13/h3-8H,2,9H2,1H3,(H,20,22). The van der Waals surface area contributed by atoms with Gasteiger partial charge in [0, 0.05) is 10.4 Å². The molecular weight excluding hydrogens is 396 g/mol. The van der Waals surface area contributed by atoms with Gasteiger partial charge in [-0.15, -0.1) is 0 Å². The van der Waals surface area contributed by atoms with E-state index in [0.29, 0.717) is 38.8 Å². The minimum atomic E-state index is -0.232. The van der Waals surface area contributed by atoms with E-state index in [4.69, 9.17) is 20.9 Å². The van der Waals surface area contributed by atoms with E-state index in [1.54, 1.807) is 12.1 Å². The molecule has 0 aliphatic heterocycles. The van der Waals surface area contributed by atoms with Crippen LogP contribution in [0.25, 0.3) is 11.0 Å². The lowest BCUT2D eigenvalue weighted by Gasteiger charge is -2.13. The number of nitrogens with one attached hydrogen (secondary N) is 1. The van der Waals surface area contributed by atoms with E-state index in [2.05, 4.69) is 26.4 Å². The number of halogens is 2. The largest absolute Gasteiger partial charge is 0.491 e. The molecule has 2 aromatic carbocycles. The molecule has 0 fully saturated rings. The minimum absolute atomic E-state index is 0.0900. The molecule has 1 N–H and O–H groups in total. The van der Waals surface area contributed by atoms with Gasteiger partial charge in [0.2, 0.25) is 5.91 Å². The van der Waals surface area contributed by atoms with Crippen molar-refractivity contribution in [1.82, 2.24) is 5.16 Å². The fourth-order valence-electron chi connectivity index (χ4n) is 2.36. The quantitative estimate of drug-likeness (QED) is 0.656. The molecule has 0 spiro atoms. The second-order valence-electron chi connectivity index (χ2n) is 5.05. The topological polar surface area (TPSA) is 64.4 Å². The Morgan fingerprint density at radius 1 is 1.38 bits per heavy atom. The zero-order chi connectivity index (χ0) is 17.1. The first kappa shape index (κ1) is 16.8. The highest BCUT2D eigenvalue weighted by Gasteiger charge is 2.16. The van der Waals surface area contributed by atoms with Gasteiger partial charge in [-0.3, -0.25) is 4.79 Å². The molecular formula is C17H14BrClN2O3. The second-order valence-corrected chi connectivity index (χ2v) is 6.34. The number of ether oxygens (including phenoxy) is 1. The fourth-order valence-corrected chi connectivity index (χ4v) is 3.28. The Bertz CT molecular complexity index is 895. The van der Waals surface area contributed by atoms with Crippen LogP contribution in [0, 0.1) is 0 Å². The average Bonchev–Trinajstić information content (AvgIpc) is 2.94. The third-order valence-corrected chi connectivity index (χ3v) is 4.16. The van der Waals surface area contributed by atoms with Gasteiger partial charge in [-0.05, 0) is 47.1 Å². The Kier molecular flexibility index (Phi) is 5.06. The summed E-state index contributed by atoms with van der Waals surface area (Å²) in [5, 5.41) is 8.11. The van der Waals surface area contributed by atoms with Crippen molar-refractivity contribution in [2.24, 2.45) is 0 Å². The van der Waals surface area contributed by atoms with Gasteiger partial charge in [0.05, 0.1) is 23.2 Å². The van der Waals surface area contributed by atoms with Crippen molar-refractivity contribution in [2.45, 2.75) is 13.3 Å². The highest BCUT2D eigenvalue weighted by atomic mass is 79.9. The minimum Gasteiger partial charge on any atom is -0.491 e. The van der Waals surface area contributed by atoms with Crippen molar-refractivity contribution in [3.05, 3.63) is 51.6 Å². The second kappa shape index (κ2) is 7.23. The van der Waals surface area contributed by atoms with Crippen molar-refractivity contribution >= 4 is 50.1 Å². The number of anilines is 1. The number of fused-ring (bicyclic) bond motifs is 1. The van der Waals surface area contributed by atoms with Crippen LogP contribution in [0.3, 0.4) is 0 Å². The molecule has 7 heteroatoms. The molecule has 0 saturated heterocycles. The Labute approximate surface area is 152 Å². The summed E-state index contributed by atoms with van der Waals surface area (Å²) < 4.78 is 11.5. The Hall–Kier alpha value is -2.05. The summed E-state index contributed by atoms with van der Waals surface area (Å²) >= 11 is 9.46. The summed E-state index contributed by atoms with van der Waals surface area (Å²) in [6.07, 6.45) is 0.0900. The van der Waals surface area contributed by atoms with Gasteiger partial charge in [-0.25, -0.2) is 0 Å². The van der Waals surface area contributed by atoms with Crippen LogP contribution in [0.15, 0.2) is 45.4 Å². The summed E-state index contributed by atoms with van der Waals surface area (Å²) in [5.74, 6) is 0.310. The molecule has 24 heavy (non-hydrogen) atoms. The maximum atomic E-state index is 12.4. The number of hydrogen-bond donors (Lipinski definition) is 1. The van der Waals surface area contributed by atoms with Crippen LogP contribution in [-0.2, 0) is 11.2 Å². The van der Waals surface area contributed by atoms with Gasteiger partial charge < -0.3 is 14.6 Å². The number of hydrogen-bond acceptors (Lipinski definition) is 4. The monoisotopic (exact) mass is 408 g/mol. The van der Waals surface area contributed by atoms with Gasteiger partial charge in [-0.1, -0.05) is 28.9 Å². The van der Waals surface area contributed by atoms with Gasteiger partial charge in [0.15, 0.2) is 11.3 Å². The van der Waals surface area contributed by atoms with E-state index >= 15 is 0 Å². The van der Waals surface area contributed by atoms with Crippen LogP contribution >= 0.6 is 27.5 Å². The molecule has 1 aromatic heterocycles. The number of nitrogens with zero attached hydrogens (tertiary/aromatic N) is 1. The van der Waals surface area contributed by atoms with Crippen molar-refractivity contribution in [2.75, 3.05) is 11.9 Å². The zero-order valence-corrected chi connectivity index (χ0v) is 15.1. The maximum absolute atomic E-state index is 12.4. The third kappa shape index (κ3) is 3.55. The molecule has 0 atom stereocenters. The van der Waals surface area contributed by atoms with E-state index in [0.717, 1.165) is 5.39 Å². The molecule has 1 amide bonds. The first-order valence-corrected chi connectivity index (χ1v) is 8.50. The normalized spacial score (nSPS) is 10.8. The van der Waals surface area contributed by atoms with Crippen molar-refractivity contribution in [3.8, 4) is 5.75 Å². The molecule has 0 unspecified atom stereocenters. The van der Waals surface area contributed by atoms with Gasteiger partial charge in [0.1, 0.15) is 5.69 Å². The summed E-state index contributed by atoms with van der Waals surface area (Å²) in [4.78, 5) is 12.4. The van der Waals surface area contributed by atoms with E-state index in [9.17, 15) is 4.79 Å². The molecule has 3 aromatic rings. The highest BCUT2D eigenvalue weighted by Crippen LogP contribution is 2.36. The number of carbonyl (C=O) groups excluding carboxylic acids is 1. The lowest BCUT2D eigenvalue weighted by atomic mass is 10.1. The SMILES string of the molecule is CCOc1c(Br)cc(Cl)cc1NC(=O)Cc1noc2ccccc12. The predicted octanol–water partition coefficient (Wildman–Crippen LogP) is 4.82. The molecule has 0 bridgehead atoms. The molecule has 0 saturated carbocycles. The Balaban J connectivity index is 1.82. The van der Waals surface area contributed by atoms with Crippen molar-refractivity contribution < 1.29 is 14.1 Å². The van der Waals surface area contributed by atoms with Crippen molar-refractivity contribution in [1.29, 1.82) is 0 Å². The van der Waals surface area contributed by atoms with Crippen molar-refractivity contribution in [3.63, 3.8) is 0 Å². The van der Waals surface area contributed by atoms with E-state index in [1.807, 2.05) is 31.2 Å². The van der Waals surface area contributed by atoms with E-state index in [-0.39, 0.29) is 12.3 Å². The van der Waals surface area contributed by atoms with Crippen LogP contribution < -0.4 is 10.1 Å². The van der Waals surface area contributed by atoms with Crippen LogP contribution in [0.1, 0.15) is 12.6 Å². The van der Waals surface area contributed by atoms with Gasteiger partial charge in [-0.2, -0.15) is 0 Å². The van der Waals surface area contributed by atoms with Crippen LogP contribution in [-0.4, -0.2) is 17.7 Å². The first-order chi connectivity index (χ1) is 11.6. The fraction of sp³-hybridized carbons (Fsp3) is 0.176. The number of carbonyl (C=O) groups is 1. The Morgan fingerprint density at radius 3 is 2.96 bits per heavy atom. The number of rotatable bonds is 5. The Morgan fingerprint density at radius 2 is 2.17 bits per heavy atom. The number of amides is 1. The highest BCUT2D eigenvalue weighted by molar-refractivity contribution is 9.10. The van der Waals surface area contributed by atoms with Gasteiger partial charge in [0.25, 0.3) is 0 Å². The predicted molar refractivity (Wildman–Crippen MR) is 96.7 cm³/mol. The molecule has 0 aliphatic rings. The summed E-state index contributed by atoms with van der Waals surface area (Å²) in [6, 6.07) is 10.8. The third-order valence-electron chi connectivity index (χ3n) is 3.35. The summed E-state index contributed by atoms with van der Waals surface area (Å²) in [7, 11) is 0. The number of benzene rings is 2. The molecule has 0 aliphatic carbocycles. The van der Waals surface area contributed by atoms with Crippen LogP contribution in [0.2, 0.25) is 5.02 Å².